The zero-order valence-corrected chi connectivity index (χ0v) is 25.1. The van der Waals surface area contributed by atoms with Crippen LogP contribution >= 0.6 is 46.4 Å². The zero-order chi connectivity index (χ0) is 28.0. The molecule has 208 valence electrons. The van der Waals surface area contributed by atoms with Crippen molar-refractivity contribution in [3.8, 4) is 0 Å². The van der Waals surface area contributed by atoms with Gasteiger partial charge in [-0.05, 0) is 55.2 Å². The largest absolute Gasteiger partial charge is 0.352 e. The molecule has 7 nitrogen and oxygen atoms in total. The molecule has 1 aliphatic rings. The van der Waals surface area contributed by atoms with Crippen LogP contribution in [-0.2, 0) is 26.2 Å². The zero-order valence-electron chi connectivity index (χ0n) is 21.2. The van der Waals surface area contributed by atoms with Gasteiger partial charge >= 0.3 is 0 Å². The van der Waals surface area contributed by atoms with Gasteiger partial charge in [0, 0.05) is 12.6 Å². The highest BCUT2D eigenvalue weighted by molar-refractivity contribution is 7.92. The van der Waals surface area contributed by atoms with E-state index in [1.54, 1.807) is 18.2 Å². The lowest BCUT2D eigenvalue weighted by molar-refractivity contribution is -0.140. The molecule has 0 unspecified atom stereocenters. The topological polar surface area (TPSA) is 86.8 Å². The first-order valence-electron chi connectivity index (χ1n) is 12.4. The van der Waals surface area contributed by atoms with Gasteiger partial charge in [0.1, 0.15) is 12.6 Å². The fourth-order valence-electron chi connectivity index (χ4n) is 4.55. The number of rotatable bonds is 10. The number of carbonyl (C=O) groups is 2. The number of amides is 2. The highest BCUT2D eigenvalue weighted by Gasteiger charge is 2.33. The first kappa shape index (κ1) is 30.8. The van der Waals surface area contributed by atoms with E-state index in [2.05, 4.69) is 5.32 Å². The predicted molar refractivity (Wildman–Crippen MR) is 155 cm³/mol. The van der Waals surface area contributed by atoms with Crippen LogP contribution in [0.3, 0.4) is 0 Å². The second-order valence-corrected chi connectivity index (χ2v) is 12.9. The van der Waals surface area contributed by atoms with E-state index in [-0.39, 0.29) is 34.2 Å². The number of anilines is 1. The Morgan fingerprint density at radius 1 is 0.947 bits per heavy atom. The molecule has 0 aliphatic heterocycles. The molecule has 0 bridgehead atoms. The van der Waals surface area contributed by atoms with Crippen molar-refractivity contribution in [1.29, 1.82) is 0 Å². The molecule has 1 fully saturated rings. The number of sulfonamides is 1. The Bertz CT molecular complexity index is 1270. The fourth-order valence-corrected chi connectivity index (χ4v) is 6.01. The van der Waals surface area contributed by atoms with Gasteiger partial charge in [-0.15, -0.1) is 0 Å². The molecule has 12 heteroatoms. The number of hydrogen-bond donors (Lipinski definition) is 1. The van der Waals surface area contributed by atoms with Crippen molar-refractivity contribution in [2.45, 2.75) is 64.1 Å². The minimum absolute atomic E-state index is 0.0330. The molecule has 0 heterocycles. The van der Waals surface area contributed by atoms with Crippen LogP contribution < -0.4 is 9.62 Å². The summed E-state index contributed by atoms with van der Waals surface area (Å²) >= 11 is 24.4. The van der Waals surface area contributed by atoms with Crippen molar-refractivity contribution in [3.05, 3.63) is 62.1 Å². The summed E-state index contributed by atoms with van der Waals surface area (Å²) in [5, 5.41) is 4.17. The molecule has 0 aromatic heterocycles. The second-order valence-electron chi connectivity index (χ2n) is 9.41. The maximum atomic E-state index is 13.8. The molecule has 38 heavy (non-hydrogen) atoms. The third-order valence-electron chi connectivity index (χ3n) is 6.54. The van der Waals surface area contributed by atoms with E-state index in [4.69, 9.17) is 46.4 Å². The van der Waals surface area contributed by atoms with Crippen molar-refractivity contribution >= 4 is 73.9 Å². The predicted octanol–water partition coefficient (Wildman–Crippen LogP) is 6.32. The van der Waals surface area contributed by atoms with Crippen LogP contribution in [0.4, 0.5) is 5.69 Å². The number of halogens is 4. The van der Waals surface area contributed by atoms with Gasteiger partial charge in [-0.1, -0.05) is 78.7 Å². The highest BCUT2D eigenvalue weighted by atomic mass is 35.5. The fraction of sp³-hybridized carbons (Fsp3) is 0.462. The molecule has 1 saturated carbocycles. The summed E-state index contributed by atoms with van der Waals surface area (Å²) in [6, 6.07) is 8.50. The van der Waals surface area contributed by atoms with Crippen molar-refractivity contribution in [2.24, 2.45) is 0 Å². The third-order valence-corrected chi connectivity index (χ3v) is 9.16. The van der Waals surface area contributed by atoms with Crippen LogP contribution in [0.15, 0.2) is 36.4 Å². The Kier molecular flexibility index (Phi) is 11.0. The quantitative estimate of drug-likeness (QED) is 0.336. The Morgan fingerprint density at radius 3 is 2.11 bits per heavy atom. The average molecular weight is 623 g/mol. The summed E-state index contributed by atoms with van der Waals surface area (Å²) in [5.41, 5.74) is 0.835. The van der Waals surface area contributed by atoms with E-state index in [0.717, 1.165) is 42.7 Å². The maximum absolute atomic E-state index is 13.8. The maximum Gasteiger partial charge on any atom is 0.244 e. The summed E-state index contributed by atoms with van der Waals surface area (Å²) < 4.78 is 26.4. The minimum Gasteiger partial charge on any atom is -0.352 e. The van der Waals surface area contributed by atoms with Gasteiger partial charge in [0.15, 0.2) is 0 Å². The number of hydrogen-bond acceptors (Lipinski definition) is 4. The number of nitrogens with zero attached hydrogens (tertiary/aromatic N) is 2. The van der Waals surface area contributed by atoms with Gasteiger partial charge in [-0.25, -0.2) is 8.42 Å². The molecule has 1 N–H and O–H groups in total. The van der Waals surface area contributed by atoms with E-state index in [1.807, 2.05) is 6.92 Å². The molecule has 2 amide bonds. The summed E-state index contributed by atoms with van der Waals surface area (Å²) in [6.07, 6.45) is 6.34. The molecular weight excluding hydrogens is 592 g/mol. The summed E-state index contributed by atoms with van der Waals surface area (Å²) in [5.74, 6) is -0.827. The van der Waals surface area contributed by atoms with Crippen LogP contribution in [0.25, 0.3) is 0 Å². The van der Waals surface area contributed by atoms with E-state index < -0.39 is 28.5 Å². The Morgan fingerprint density at radius 2 is 1.55 bits per heavy atom. The Balaban J connectivity index is 1.94. The van der Waals surface area contributed by atoms with Crippen LogP contribution in [-0.4, -0.2) is 50.0 Å². The molecule has 0 saturated heterocycles. The van der Waals surface area contributed by atoms with Crippen molar-refractivity contribution in [1.82, 2.24) is 10.2 Å². The standard InChI is InChI=1S/C26H31Cl4N3O4S/c1-3-24(26(35)31-18-7-5-4-6-8-18)32(15-17-9-11-20(27)22(29)13-17)25(34)16-33(38(2,36)37)19-10-12-21(28)23(30)14-19/h9-14,18,24H,3-8,15-16H2,1-2H3,(H,31,35)/t24-/m0/s1. The van der Waals surface area contributed by atoms with Crippen LogP contribution in [0.1, 0.15) is 51.0 Å². The molecule has 0 radical (unpaired) electrons. The smallest absolute Gasteiger partial charge is 0.244 e. The van der Waals surface area contributed by atoms with Gasteiger partial charge in [0.25, 0.3) is 0 Å². The van der Waals surface area contributed by atoms with Gasteiger partial charge < -0.3 is 10.2 Å². The summed E-state index contributed by atoms with van der Waals surface area (Å²) in [6.45, 7) is 1.31. The average Bonchev–Trinajstić information content (AvgIpc) is 2.86. The van der Waals surface area contributed by atoms with Crippen LogP contribution in [0.2, 0.25) is 20.1 Å². The number of nitrogens with one attached hydrogen (secondary N) is 1. The SMILES string of the molecule is CC[C@@H](C(=O)NC1CCCCC1)N(Cc1ccc(Cl)c(Cl)c1)C(=O)CN(c1ccc(Cl)c(Cl)c1)S(C)(=O)=O. The molecule has 2 aromatic carbocycles. The monoisotopic (exact) mass is 621 g/mol. The minimum atomic E-state index is -3.89. The van der Waals surface area contributed by atoms with Gasteiger partial charge in [0.2, 0.25) is 21.8 Å². The normalized spacial score (nSPS) is 15.1. The van der Waals surface area contributed by atoms with Crippen molar-refractivity contribution in [3.63, 3.8) is 0 Å². The third kappa shape index (κ3) is 8.15. The van der Waals surface area contributed by atoms with E-state index in [1.165, 1.54) is 23.1 Å². The molecule has 2 aromatic rings. The lowest BCUT2D eigenvalue weighted by Gasteiger charge is -2.34. The molecular formula is C26H31Cl4N3O4S. The first-order chi connectivity index (χ1) is 17.9. The lowest BCUT2D eigenvalue weighted by atomic mass is 9.95. The van der Waals surface area contributed by atoms with Gasteiger partial charge in [-0.2, -0.15) is 0 Å². The molecule has 1 aliphatic carbocycles. The number of carbonyl (C=O) groups excluding carboxylic acids is 2. The Hall–Kier alpha value is -1.71. The first-order valence-corrected chi connectivity index (χ1v) is 15.7. The Labute approximate surface area is 244 Å². The van der Waals surface area contributed by atoms with Gasteiger partial charge in [0.05, 0.1) is 32.0 Å². The van der Waals surface area contributed by atoms with Crippen LogP contribution in [0.5, 0.6) is 0 Å². The van der Waals surface area contributed by atoms with E-state index >= 15 is 0 Å². The lowest BCUT2D eigenvalue weighted by Crippen LogP contribution is -2.53. The summed E-state index contributed by atoms with van der Waals surface area (Å²) in [4.78, 5) is 28.6. The van der Waals surface area contributed by atoms with E-state index in [0.29, 0.717) is 22.0 Å². The second kappa shape index (κ2) is 13.6. The van der Waals surface area contributed by atoms with E-state index in [9.17, 15) is 18.0 Å². The highest BCUT2D eigenvalue weighted by Crippen LogP contribution is 2.29. The summed E-state index contributed by atoms with van der Waals surface area (Å²) in [7, 11) is -3.89. The van der Waals surface area contributed by atoms with Crippen molar-refractivity contribution in [2.75, 3.05) is 17.1 Å². The molecule has 1 atom stereocenters. The van der Waals surface area contributed by atoms with Crippen LogP contribution in [0, 0.1) is 0 Å². The van der Waals surface area contributed by atoms with Crippen molar-refractivity contribution < 1.29 is 18.0 Å². The van der Waals surface area contributed by atoms with Gasteiger partial charge in [-0.3, -0.25) is 13.9 Å². The number of benzene rings is 2. The molecule has 0 spiro atoms. The molecule has 3 rings (SSSR count).